The van der Waals surface area contributed by atoms with Gasteiger partial charge in [0, 0.05) is 38.8 Å². The van der Waals surface area contributed by atoms with Crippen molar-refractivity contribution in [3.8, 4) is 0 Å². The smallest absolute Gasteiger partial charge is 0.414 e. The van der Waals surface area contributed by atoms with Crippen molar-refractivity contribution in [2.75, 3.05) is 26.2 Å². The van der Waals surface area contributed by atoms with Crippen molar-refractivity contribution in [1.82, 2.24) is 9.80 Å². The number of carbonyl (C=O) groups is 2. The molecule has 0 saturated carbocycles. The van der Waals surface area contributed by atoms with E-state index in [2.05, 4.69) is 54.8 Å². The Morgan fingerprint density at radius 2 is 1.44 bits per heavy atom. The van der Waals surface area contributed by atoms with E-state index in [1.165, 1.54) is 43.7 Å². The monoisotopic (exact) mass is 350 g/mol. The van der Waals surface area contributed by atoms with Gasteiger partial charge in [-0.2, -0.15) is 0 Å². The second kappa shape index (κ2) is 10.8. The number of aliphatic carboxylic acids is 2. The Hall–Kier alpha value is -1.92. The number of carboxylic acids is 2. The summed E-state index contributed by atoms with van der Waals surface area (Å²) in [4.78, 5) is 23.4. The minimum atomic E-state index is -1.82. The van der Waals surface area contributed by atoms with E-state index in [-0.39, 0.29) is 0 Å². The average molecular weight is 350 g/mol. The minimum absolute atomic E-state index is 0.742. The number of piperazine rings is 1. The molecule has 1 aliphatic rings. The van der Waals surface area contributed by atoms with Crippen LogP contribution in [-0.4, -0.2) is 64.2 Å². The number of nitrogens with zero attached hydrogens (tertiary/aromatic N) is 2. The molecule has 0 bridgehead atoms. The molecule has 0 aliphatic carbocycles. The predicted molar refractivity (Wildman–Crippen MR) is 97.7 cm³/mol. The summed E-state index contributed by atoms with van der Waals surface area (Å²) in [6.45, 7) is 12.8. The summed E-state index contributed by atoms with van der Waals surface area (Å²) >= 11 is 0. The van der Waals surface area contributed by atoms with Gasteiger partial charge in [0.15, 0.2) is 0 Å². The molecule has 25 heavy (non-hydrogen) atoms. The third-order valence-corrected chi connectivity index (χ3v) is 4.64. The van der Waals surface area contributed by atoms with Crippen LogP contribution in [0.25, 0.3) is 0 Å². The third kappa shape index (κ3) is 7.67. The maximum absolute atomic E-state index is 9.10. The highest BCUT2D eigenvalue weighted by molar-refractivity contribution is 6.27. The Morgan fingerprint density at radius 3 is 1.84 bits per heavy atom. The van der Waals surface area contributed by atoms with E-state index in [4.69, 9.17) is 19.8 Å². The van der Waals surface area contributed by atoms with Crippen LogP contribution in [0.5, 0.6) is 0 Å². The molecule has 1 saturated heterocycles. The van der Waals surface area contributed by atoms with Gasteiger partial charge in [0.25, 0.3) is 0 Å². The Balaban J connectivity index is 0.000000450. The second-order valence-corrected chi connectivity index (χ2v) is 6.35. The van der Waals surface area contributed by atoms with Gasteiger partial charge in [0.1, 0.15) is 0 Å². The molecule has 2 rings (SSSR count). The van der Waals surface area contributed by atoms with Gasteiger partial charge in [-0.3, -0.25) is 9.80 Å². The lowest BCUT2D eigenvalue weighted by atomic mass is 10.1. The van der Waals surface area contributed by atoms with Crippen molar-refractivity contribution in [2.45, 2.75) is 46.2 Å². The first-order chi connectivity index (χ1) is 11.9. The summed E-state index contributed by atoms with van der Waals surface area (Å²) in [6, 6.07) is 9.86. The van der Waals surface area contributed by atoms with Gasteiger partial charge < -0.3 is 10.2 Å². The molecule has 1 aromatic carbocycles. The predicted octanol–water partition coefficient (Wildman–Crippen LogP) is 2.32. The lowest BCUT2D eigenvalue weighted by Gasteiger charge is -2.37. The summed E-state index contributed by atoms with van der Waals surface area (Å²) in [5, 5.41) is 14.8. The molecule has 2 N–H and O–H groups in total. The standard InChI is InChI=1S/C17H28N2.C2H2O4/c1-4-15(3)19-12-10-18(11-13-19)14-17-8-6-16(5-2)7-9-17;3-1(4)2(5)6/h6-9,15H,4-5,10-14H2,1-3H3;(H,3,4)(H,5,6). The van der Waals surface area contributed by atoms with Gasteiger partial charge in [-0.1, -0.05) is 38.1 Å². The van der Waals surface area contributed by atoms with Crippen LogP contribution in [0, 0.1) is 0 Å². The van der Waals surface area contributed by atoms with Crippen LogP contribution < -0.4 is 0 Å². The SMILES string of the molecule is CCc1ccc(CN2CCN(C(C)CC)CC2)cc1.O=C(O)C(=O)O. The van der Waals surface area contributed by atoms with E-state index in [9.17, 15) is 0 Å². The highest BCUT2D eigenvalue weighted by atomic mass is 16.4. The van der Waals surface area contributed by atoms with Crippen LogP contribution in [0.15, 0.2) is 24.3 Å². The molecular weight excluding hydrogens is 320 g/mol. The summed E-state index contributed by atoms with van der Waals surface area (Å²) in [5.41, 5.74) is 2.89. The second-order valence-electron chi connectivity index (χ2n) is 6.35. The summed E-state index contributed by atoms with van der Waals surface area (Å²) in [7, 11) is 0. The molecule has 0 amide bonds. The fourth-order valence-corrected chi connectivity index (χ4v) is 2.76. The van der Waals surface area contributed by atoms with Crippen LogP contribution in [0.3, 0.4) is 0 Å². The maximum atomic E-state index is 9.10. The first kappa shape index (κ1) is 21.1. The topological polar surface area (TPSA) is 81.1 Å². The molecule has 1 aliphatic heterocycles. The molecule has 0 aromatic heterocycles. The summed E-state index contributed by atoms with van der Waals surface area (Å²) in [6.07, 6.45) is 2.40. The Labute approximate surface area is 150 Å². The summed E-state index contributed by atoms with van der Waals surface area (Å²) < 4.78 is 0. The minimum Gasteiger partial charge on any atom is -0.473 e. The van der Waals surface area contributed by atoms with Crippen molar-refractivity contribution in [2.24, 2.45) is 0 Å². The first-order valence-electron chi connectivity index (χ1n) is 8.87. The van der Waals surface area contributed by atoms with E-state index in [0.717, 1.165) is 19.0 Å². The highest BCUT2D eigenvalue weighted by Gasteiger charge is 2.19. The lowest BCUT2D eigenvalue weighted by molar-refractivity contribution is -0.159. The van der Waals surface area contributed by atoms with Crippen LogP contribution in [0.1, 0.15) is 38.3 Å². The first-order valence-corrected chi connectivity index (χ1v) is 8.87. The van der Waals surface area contributed by atoms with E-state index >= 15 is 0 Å². The fraction of sp³-hybridized carbons (Fsp3) is 0.579. The van der Waals surface area contributed by atoms with Gasteiger partial charge in [-0.15, -0.1) is 0 Å². The van der Waals surface area contributed by atoms with E-state index in [1.807, 2.05) is 0 Å². The van der Waals surface area contributed by atoms with Crippen molar-refractivity contribution in [3.05, 3.63) is 35.4 Å². The normalized spacial score (nSPS) is 16.6. The molecule has 1 aromatic rings. The number of hydrogen-bond acceptors (Lipinski definition) is 4. The number of rotatable bonds is 5. The molecule has 1 fully saturated rings. The van der Waals surface area contributed by atoms with Crippen LogP contribution >= 0.6 is 0 Å². The largest absolute Gasteiger partial charge is 0.473 e. The fourth-order valence-electron chi connectivity index (χ4n) is 2.76. The zero-order valence-corrected chi connectivity index (χ0v) is 15.4. The van der Waals surface area contributed by atoms with Gasteiger partial charge in [0.2, 0.25) is 0 Å². The average Bonchev–Trinajstić information content (AvgIpc) is 2.62. The number of carboxylic acid groups (broad SMARTS) is 2. The molecule has 6 nitrogen and oxygen atoms in total. The zero-order chi connectivity index (χ0) is 18.8. The van der Waals surface area contributed by atoms with E-state index in [0.29, 0.717) is 0 Å². The van der Waals surface area contributed by atoms with Crippen molar-refractivity contribution in [3.63, 3.8) is 0 Å². The number of aryl methyl sites for hydroxylation is 1. The van der Waals surface area contributed by atoms with E-state index in [1.54, 1.807) is 0 Å². The van der Waals surface area contributed by atoms with Crippen LogP contribution in [0.4, 0.5) is 0 Å². The Morgan fingerprint density at radius 1 is 0.960 bits per heavy atom. The molecule has 1 atom stereocenters. The summed E-state index contributed by atoms with van der Waals surface area (Å²) in [5.74, 6) is -3.65. The highest BCUT2D eigenvalue weighted by Crippen LogP contribution is 2.12. The maximum Gasteiger partial charge on any atom is 0.414 e. The molecule has 1 heterocycles. The molecule has 0 radical (unpaired) electrons. The van der Waals surface area contributed by atoms with Crippen molar-refractivity contribution < 1.29 is 19.8 Å². The third-order valence-electron chi connectivity index (χ3n) is 4.64. The van der Waals surface area contributed by atoms with Crippen molar-refractivity contribution >= 4 is 11.9 Å². The quantitative estimate of drug-likeness (QED) is 0.793. The molecule has 0 spiro atoms. The van der Waals surface area contributed by atoms with Crippen LogP contribution in [0.2, 0.25) is 0 Å². The molecular formula is C19H30N2O4. The Bertz CT molecular complexity index is 525. The Kier molecular flexibility index (Phi) is 9.16. The van der Waals surface area contributed by atoms with Gasteiger partial charge in [-0.25, -0.2) is 9.59 Å². The number of hydrogen-bond donors (Lipinski definition) is 2. The molecule has 140 valence electrons. The van der Waals surface area contributed by atoms with Gasteiger partial charge in [-0.05, 0) is 30.9 Å². The van der Waals surface area contributed by atoms with Crippen molar-refractivity contribution in [1.29, 1.82) is 0 Å². The number of benzene rings is 1. The van der Waals surface area contributed by atoms with E-state index < -0.39 is 11.9 Å². The molecule has 6 heteroatoms. The zero-order valence-electron chi connectivity index (χ0n) is 15.4. The van der Waals surface area contributed by atoms with Crippen LogP contribution in [-0.2, 0) is 22.6 Å². The van der Waals surface area contributed by atoms with Gasteiger partial charge in [0.05, 0.1) is 0 Å². The lowest BCUT2D eigenvalue weighted by Crippen LogP contribution is -2.48. The molecule has 1 unspecified atom stereocenters. The van der Waals surface area contributed by atoms with Gasteiger partial charge >= 0.3 is 11.9 Å².